The van der Waals surface area contributed by atoms with Crippen molar-refractivity contribution in [2.75, 3.05) is 12.3 Å². The van der Waals surface area contributed by atoms with Gasteiger partial charge in [0.25, 0.3) is 0 Å². The second-order valence-corrected chi connectivity index (χ2v) is 5.04. The largest absolute Gasteiger partial charge is 0.478 e. The third-order valence-corrected chi connectivity index (χ3v) is 3.55. The molecule has 0 atom stereocenters. The first-order chi connectivity index (χ1) is 8.38. The highest BCUT2D eigenvalue weighted by molar-refractivity contribution is 7.89. The molecule has 1 aromatic carbocycles. The highest BCUT2D eigenvalue weighted by Crippen LogP contribution is 2.19. The van der Waals surface area contributed by atoms with E-state index in [2.05, 4.69) is 16.6 Å². The van der Waals surface area contributed by atoms with Crippen molar-refractivity contribution in [3.05, 3.63) is 23.8 Å². The van der Waals surface area contributed by atoms with Crippen molar-refractivity contribution in [1.82, 2.24) is 4.72 Å². The van der Waals surface area contributed by atoms with Gasteiger partial charge in [-0.15, -0.1) is 5.92 Å². The number of carbonyl (C=O) groups is 1. The number of hydrogen-bond donors (Lipinski definition) is 3. The van der Waals surface area contributed by atoms with Gasteiger partial charge in [-0.2, -0.15) is 4.72 Å². The minimum Gasteiger partial charge on any atom is -0.478 e. The van der Waals surface area contributed by atoms with Crippen LogP contribution >= 0.6 is 0 Å². The Bertz CT molecular complexity index is 626. The van der Waals surface area contributed by atoms with Gasteiger partial charge in [-0.3, -0.25) is 0 Å². The highest BCUT2D eigenvalue weighted by Gasteiger charge is 2.17. The van der Waals surface area contributed by atoms with E-state index >= 15 is 0 Å². The Kier molecular flexibility index (Phi) is 4.31. The van der Waals surface area contributed by atoms with E-state index in [1.165, 1.54) is 6.07 Å². The summed E-state index contributed by atoms with van der Waals surface area (Å²) in [4.78, 5) is 10.5. The number of nitrogens with two attached hydrogens (primary N) is 1. The maximum atomic E-state index is 11.8. The Labute approximate surface area is 105 Å². The quantitative estimate of drug-likeness (QED) is 0.536. The molecule has 0 saturated carbocycles. The monoisotopic (exact) mass is 268 g/mol. The molecular formula is C11H12N2O4S. The lowest BCUT2D eigenvalue weighted by Gasteiger charge is -2.07. The molecule has 0 aliphatic heterocycles. The van der Waals surface area contributed by atoms with Gasteiger partial charge in [0.15, 0.2) is 0 Å². The first-order valence-electron chi connectivity index (χ1n) is 4.90. The van der Waals surface area contributed by atoms with Crippen LogP contribution in [-0.2, 0) is 10.0 Å². The van der Waals surface area contributed by atoms with Gasteiger partial charge in [0.1, 0.15) is 4.90 Å². The molecule has 0 amide bonds. The summed E-state index contributed by atoms with van der Waals surface area (Å²) in [5, 5.41) is 8.74. The fraction of sp³-hybridized carbons (Fsp3) is 0.182. The van der Waals surface area contributed by atoms with Crippen LogP contribution in [0.3, 0.4) is 0 Å². The Balaban J connectivity index is 3.09. The molecule has 0 aromatic heterocycles. The van der Waals surface area contributed by atoms with Crippen molar-refractivity contribution in [2.45, 2.75) is 11.8 Å². The number of nitrogens with one attached hydrogen (secondary N) is 1. The number of nitrogen functional groups attached to an aromatic ring is 1. The summed E-state index contributed by atoms with van der Waals surface area (Å²) < 4.78 is 25.8. The summed E-state index contributed by atoms with van der Waals surface area (Å²) in [7, 11) is -3.78. The number of hydrogen-bond acceptors (Lipinski definition) is 4. The van der Waals surface area contributed by atoms with Crippen LogP contribution in [0.5, 0.6) is 0 Å². The number of rotatable bonds is 4. The molecule has 0 bridgehead atoms. The number of benzene rings is 1. The third-order valence-electron chi connectivity index (χ3n) is 2.07. The van der Waals surface area contributed by atoms with Gasteiger partial charge >= 0.3 is 5.97 Å². The summed E-state index contributed by atoms with van der Waals surface area (Å²) in [5.74, 6) is 3.92. The number of sulfonamides is 1. The minimum absolute atomic E-state index is 0.0288. The van der Waals surface area contributed by atoms with Gasteiger partial charge in [0.05, 0.1) is 17.8 Å². The molecule has 0 radical (unpaired) electrons. The van der Waals surface area contributed by atoms with Gasteiger partial charge in [0.2, 0.25) is 10.0 Å². The molecule has 0 fully saturated rings. The second-order valence-electron chi connectivity index (χ2n) is 3.31. The number of anilines is 1. The maximum Gasteiger partial charge on any atom is 0.335 e. The lowest BCUT2D eigenvalue weighted by atomic mass is 10.2. The van der Waals surface area contributed by atoms with Crippen LogP contribution in [-0.4, -0.2) is 26.0 Å². The van der Waals surface area contributed by atoms with Gasteiger partial charge < -0.3 is 10.8 Å². The Morgan fingerprint density at radius 2 is 2.17 bits per heavy atom. The molecule has 0 unspecified atom stereocenters. The van der Waals surface area contributed by atoms with Crippen molar-refractivity contribution in [3.8, 4) is 11.8 Å². The van der Waals surface area contributed by atoms with Crippen LogP contribution in [0.1, 0.15) is 17.3 Å². The lowest BCUT2D eigenvalue weighted by molar-refractivity contribution is 0.0697. The van der Waals surface area contributed by atoms with Crippen LogP contribution in [0.4, 0.5) is 5.69 Å². The van der Waals surface area contributed by atoms with E-state index in [1.54, 1.807) is 6.92 Å². The SMILES string of the molecule is CC#CCNS(=O)(=O)c1ccc(C(=O)O)cc1N. The van der Waals surface area contributed by atoms with Crippen molar-refractivity contribution in [2.24, 2.45) is 0 Å². The predicted molar refractivity (Wildman–Crippen MR) is 66.5 cm³/mol. The molecule has 0 aliphatic carbocycles. The fourth-order valence-corrected chi connectivity index (χ4v) is 2.26. The van der Waals surface area contributed by atoms with Crippen LogP contribution in [0.2, 0.25) is 0 Å². The van der Waals surface area contributed by atoms with Crippen LogP contribution < -0.4 is 10.5 Å². The number of carboxylic acids is 1. The van der Waals surface area contributed by atoms with Crippen LogP contribution in [0, 0.1) is 11.8 Å². The molecule has 0 spiro atoms. The zero-order valence-electron chi connectivity index (χ0n) is 9.60. The van der Waals surface area contributed by atoms with E-state index in [-0.39, 0.29) is 22.7 Å². The molecule has 6 nitrogen and oxygen atoms in total. The smallest absolute Gasteiger partial charge is 0.335 e. The highest BCUT2D eigenvalue weighted by atomic mass is 32.2. The third kappa shape index (κ3) is 3.23. The standard InChI is InChI=1S/C11H12N2O4S/c1-2-3-6-13-18(16,17)10-5-4-8(11(14)15)7-9(10)12/h4-5,7,13H,6,12H2,1H3,(H,14,15). The average Bonchev–Trinajstić information content (AvgIpc) is 2.28. The molecule has 4 N–H and O–H groups in total. The van der Waals surface area contributed by atoms with Gasteiger partial charge in [-0.05, 0) is 25.1 Å². The topological polar surface area (TPSA) is 109 Å². The van der Waals surface area contributed by atoms with E-state index < -0.39 is 16.0 Å². The van der Waals surface area contributed by atoms with Crippen molar-refractivity contribution in [3.63, 3.8) is 0 Å². The molecule has 96 valence electrons. The first-order valence-corrected chi connectivity index (χ1v) is 6.39. The normalized spacial score (nSPS) is 10.5. The molecular weight excluding hydrogens is 256 g/mol. The Morgan fingerprint density at radius 1 is 1.50 bits per heavy atom. The average molecular weight is 268 g/mol. The first kappa shape index (κ1) is 14.0. The minimum atomic E-state index is -3.78. The van der Waals surface area contributed by atoms with Crippen LogP contribution in [0.15, 0.2) is 23.1 Å². The molecule has 0 aliphatic rings. The fourth-order valence-electron chi connectivity index (χ4n) is 1.22. The molecule has 18 heavy (non-hydrogen) atoms. The molecule has 1 rings (SSSR count). The van der Waals surface area contributed by atoms with E-state index in [0.717, 1.165) is 12.1 Å². The number of aromatic carboxylic acids is 1. The summed E-state index contributed by atoms with van der Waals surface area (Å²) in [5.41, 5.74) is 5.34. The zero-order valence-corrected chi connectivity index (χ0v) is 10.4. The summed E-state index contributed by atoms with van der Waals surface area (Å²) in [6, 6.07) is 3.43. The molecule has 0 heterocycles. The van der Waals surface area contributed by atoms with Crippen LogP contribution in [0.25, 0.3) is 0 Å². The van der Waals surface area contributed by atoms with Gasteiger partial charge in [-0.1, -0.05) is 5.92 Å². The summed E-state index contributed by atoms with van der Waals surface area (Å²) in [6.07, 6.45) is 0. The van der Waals surface area contributed by atoms with E-state index in [1.807, 2.05) is 0 Å². The molecule has 7 heteroatoms. The van der Waals surface area contributed by atoms with Crippen molar-refractivity contribution in [1.29, 1.82) is 0 Å². The Morgan fingerprint density at radius 3 is 2.67 bits per heavy atom. The zero-order chi connectivity index (χ0) is 13.8. The molecule has 0 saturated heterocycles. The summed E-state index contributed by atoms with van der Waals surface area (Å²) >= 11 is 0. The van der Waals surface area contributed by atoms with E-state index in [4.69, 9.17) is 10.8 Å². The van der Waals surface area contributed by atoms with E-state index in [9.17, 15) is 13.2 Å². The van der Waals surface area contributed by atoms with Gasteiger partial charge in [-0.25, -0.2) is 13.2 Å². The lowest BCUT2D eigenvalue weighted by Crippen LogP contribution is -2.25. The maximum absolute atomic E-state index is 11.8. The number of carboxylic acid groups (broad SMARTS) is 1. The predicted octanol–water partition coefficient (Wildman–Crippen LogP) is 0.269. The molecule has 1 aromatic rings. The van der Waals surface area contributed by atoms with Crippen molar-refractivity contribution >= 4 is 21.7 Å². The Hall–Kier alpha value is -2.04. The van der Waals surface area contributed by atoms with Gasteiger partial charge in [0, 0.05) is 0 Å². The second kappa shape index (κ2) is 5.53. The van der Waals surface area contributed by atoms with Crippen molar-refractivity contribution < 1.29 is 18.3 Å². The summed E-state index contributed by atoms with van der Waals surface area (Å²) in [6.45, 7) is 1.56. The van der Waals surface area contributed by atoms with E-state index in [0.29, 0.717) is 0 Å².